The minimum atomic E-state index is -3.67. The van der Waals surface area contributed by atoms with Crippen LogP contribution >= 0.6 is 0 Å². The number of rotatable bonds is 4. The van der Waals surface area contributed by atoms with Crippen molar-refractivity contribution in [3.05, 3.63) is 70.3 Å². The van der Waals surface area contributed by atoms with Gasteiger partial charge >= 0.3 is 0 Å². The van der Waals surface area contributed by atoms with Gasteiger partial charge in [-0.1, -0.05) is 18.2 Å². The molecule has 9 heteroatoms. The third-order valence-electron chi connectivity index (χ3n) is 5.81. The monoisotopic (exact) mass is 437 g/mol. The minimum absolute atomic E-state index is 0.0916. The summed E-state index contributed by atoms with van der Waals surface area (Å²) in [6, 6.07) is 15.2. The van der Waals surface area contributed by atoms with Crippen LogP contribution in [-0.2, 0) is 17.1 Å². The molecule has 0 bridgehead atoms. The molecular weight excluding hydrogens is 414 g/mol. The molecule has 0 spiro atoms. The normalized spacial score (nSPS) is 16.8. The van der Waals surface area contributed by atoms with Gasteiger partial charge in [-0.3, -0.25) is 14.3 Å². The Kier molecular flexibility index (Phi) is 5.62. The number of fused-ring (bicyclic) bond motifs is 1. The van der Waals surface area contributed by atoms with Gasteiger partial charge in [-0.2, -0.15) is 9.57 Å². The summed E-state index contributed by atoms with van der Waals surface area (Å²) < 4.78 is 29.0. The number of hydrogen-bond acceptors (Lipinski definition) is 6. The number of sulfonamides is 1. The molecule has 0 saturated carbocycles. The first-order valence-corrected chi connectivity index (χ1v) is 11.5. The van der Waals surface area contributed by atoms with Crippen LogP contribution in [0.3, 0.4) is 0 Å². The molecule has 1 saturated heterocycles. The van der Waals surface area contributed by atoms with E-state index < -0.39 is 10.0 Å². The van der Waals surface area contributed by atoms with Crippen molar-refractivity contribution in [3.8, 4) is 6.07 Å². The Morgan fingerprint density at radius 1 is 1.06 bits per heavy atom. The third-order valence-corrected chi connectivity index (χ3v) is 7.71. The lowest BCUT2D eigenvalue weighted by atomic mass is 10.2. The smallest absolute Gasteiger partial charge is 0.261 e. The second kappa shape index (κ2) is 8.23. The van der Waals surface area contributed by atoms with Crippen LogP contribution in [0.5, 0.6) is 0 Å². The summed E-state index contributed by atoms with van der Waals surface area (Å²) in [5.41, 5.74) is 0.883. The van der Waals surface area contributed by atoms with Gasteiger partial charge in [-0.15, -0.1) is 0 Å². The highest BCUT2D eigenvalue weighted by Gasteiger charge is 2.31. The highest BCUT2D eigenvalue weighted by molar-refractivity contribution is 7.89. The van der Waals surface area contributed by atoms with Gasteiger partial charge in [0.15, 0.2) is 0 Å². The van der Waals surface area contributed by atoms with Gasteiger partial charge in [0.05, 0.1) is 33.5 Å². The predicted octanol–water partition coefficient (Wildman–Crippen LogP) is 1.87. The predicted molar refractivity (Wildman–Crippen MR) is 117 cm³/mol. The molecule has 1 unspecified atom stereocenters. The molecule has 8 nitrogen and oxygen atoms in total. The number of piperazine rings is 1. The standard InChI is InChI=1S/C22H23N5O3S/c1-16(21-24-20-9-4-3-8-19(20)22(28)25(21)2)26-10-12-27(13-11-26)31(29,30)18-7-5-6-17(14-18)15-23/h3-9,14,16H,10-13H2,1-2H3. The Labute approximate surface area is 181 Å². The molecule has 1 aromatic heterocycles. The van der Waals surface area contributed by atoms with E-state index in [9.17, 15) is 13.2 Å². The Morgan fingerprint density at radius 3 is 2.48 bits per heavy atom. The summed E-state index contributed by atoms with van der Waals surface area (Å²) in [5.74, 6) is 0.654. The molecule has 0 aliphatic carbocycles. The lowest BCUT2D eigenvalue weighted by Crippen LogP contribution is -2.49. The van der Waals surface area contributed by atoms with Crippen LogP contribution in [-0.4, -0.2) is 53.4 Å². The first-order valence-electron chi connectivity index (χ1n) is 10.0. The van der Waals surface area contributed by atoms with Crippen LogP contribution in [0.25, 0.3) is 10.9 Å². The molecule has 2 aromatic carbocycles. The fourth-order valence-corrected chi connectivity index (χ4v) is 5.45. The molecule has 1 fully saturated rings. The fourth-order valence-electron chi connectivity index (χ4n) is 3.98. The molecule has 31 heavy (non-hydrogen) atoms. The molecule has 1 aliphatic heterocycles. The Balaban J connectivity index is 1.54. The average molecular weight is 438 g/mol. The zero-order chi connectivity index (χ0) is 22.2. The second-order valence-electron chi connectivity index (χ2n) is 7.61. The first kappa shape index (κ1) is 21.2. The van der Waals surface area contributed by atoms with Crippen LogP contribution in [0.2, 0.25) is 0 Å². The van der Waals surface area contributed by atoms with Gasteiger partial charge in [0, 0.05) is 33.2 Å². The van der Waals surface area contributed by atoms with E-state index >= 15 is 0 Å². The quantitative estimate of drug-likeness (QED) is 0.618. The lowest BCUT2D eigenvalue weighted by molar-refractivity contribution is 0.139. The number of benzene rings is 2. The van der Waals surface area contributed by atoms with Crippen molar-refractivity contribution in [1.29, 1.82) is 5.26 Å². The first-order chi connectivity index (χ1) is 14.8. The number of aromatic nitrogens is 2. The highest BCUT2D eigenvalue weighted by atomic mass is 32.2. The van der Waals surface area contributed by atoms with Crippen molar-refractivity contribution < 1.29 is 8.42 Å². The third kappa shape index (κ3) is 3.85. The molecule has 160 valence electrons. The minimum Gasteiger partial charge on any atom is -0.298 e. The van der Waals surface area contributed by atoms with Crippen LogP contribution in [0, 0.1) is 11.3 Å². The van der Waals surface area contributed by atoms with Gasteiger partial charge in [0.25, 0.3) is 5.56 Å². The van der Waals surface area contributed by atoms with Crippen LogP contribution in [0.4, 0.5) is 0 Å². The van der Waals surface area contributed by atoms with E-state index in [2.05, 4.69) is 4.90 Å². The average Bonchev–Trinajstić information content (AvgIpc) is 2.81. The summed E-state index contributed by atoms with van der Waals surface area (Å²) in [6.45, 7) is 3.66. The Hall–Kier alpha value is -3.06. The van der Waals surface area contributed by atoms with Gasteiger partial charge < -0.3 is 0 Å². The lowest BCUT2D eigenvalue weighted by Gasteiger charge is -2.37. The number of hydrogen-bond donors (Lipinski definition) is 0. The summed E-state index contributed by atoms with van der Waals surface area (Å²) >= 11 is 0. The van der Waals surface area contributed by atoms with Gasteiger partial charge in [0.1, 0.15) is 5.82 Å². The molecule has 0 amide bonds. The SMILES string of the molecule is CC(c1nc2ccccc2c(=O)n1C)N1CCN(S(=O)(=O)c2cccc(C#N)c2)CC1. The molecule has 2 heterocycles. The molecule has 1 aliphatic rings. The summed E-state index contributed by atoms with van der Waals surface area (Å²) in [7, 11) is -1.95. The van der Waals surface area contributed by atoms with Crippen molar-refractivity contribution in [3.63, 3.8) is 0 Å². The maximum atomic E-state index is 13.0. The molecule has 1 atom stereocenters. The van der Waals surface area contributed by atoms with Gasteiger partial charge in [-0.05, 0) is 37.3 Å². The van der Waals surface area contributed by atoms with Crippen LogP contribution in [0.1, 0.15) is 24.4 Å². The van der Waals surface area contributed by atoms with E-state index in [0.29, 0.717) is 48.5 Å². The molecule has 3 aromatic rings. The maximum absolute atomic E-state index is 13.0. The van der Waals surface area contributed by atoms with E-state index in [-0.39, 0.29) is 16.5 Å². The topological polar surface area (TPSA) is 99.3 Å². The fraction of sp³-hybridized carbons (Fsp3) is 0.318. The zero-order valence-corrected chi connectivity index (χ0v) is 18.2. The van der Waals surface area contributed by atoms with Crippen LogP contribution in [0.15, 0.2) is 58.2 Å². The summed E-state index contributed by atoms with van der Waals surface area (Å²) in [6.07, 6.45) is 0. The Morgan fingerprint density at radius 2 is 1.77 bits per heavy atom. The van der Waals surface area contributed by atoms with E-state index in [4.69, 9.17) is 10.2 Å². The zero-order valence-electron chi connectivity index (χ0n) is 17.4. The molecule has 4 rings (SSSR count). The van der Waals surface area contributed by atoms with Crippen molar-refractivity contribution in [2.45, 2.75) is 17.9 Å². The maximum Gasteiger partial charge on any atom is 0.261 e. The second-order valence-corrected chi connectivity index (χ2v) is 9.54. The summed E-state index contributed by atoms with van der Waals surface area (Å²) in [5, 5.41) is 9.63. The molecule has 0 radical (unpaired) electrons. The molecule has 0 N–H and O–H groups in total. The van der Waals surface area contributed by atoms with E-state index in [1.165, 1.54) is 16.4 Å². The summed E-state index contributed by atoms with van der Waals surface area (Å²) in [4.78, 5) is 19.7. The van der Waals surface area contributed by atoms with Gasteiger partial charge in [-0.25, -0.2) is 13.4 Å². The van der Waals surface area contributed by atoms with Crippen molar-refractivity contribution in [2.75, 3.05) is 26.2 Å². The van der Waals surface area contributed by atoms with E-state index in [1.807, 2.05) is 31.2 Å². The van der Waals surface area contributed by atoms with Crippen LogP contribution < -0.4 is 5.56 Å². The highest BCUT2D eigenvalue weighted by Crippen LogP contribution is 2.24. The van der Waals surface area contributed by atoms with Crippen molar-refractivity contribution >= 4 is 20.9 Å². The van der Waals surface area contributed by atoms with Gasteiger partial charge in [0.2, 0.25) is 10.0 Å². The molecular formula is C22H23N5O3S. The number of nitrogens with zero attached hydrogens (tertiary/aromatic N) is 5. The van der Waals surface area contributed by atoms with Crippen molar-refractivity contribution in [1.82, 2.24) is 18.8 Å². The van der Waals surface area contributed by atoms with E-state index in [0.717, 1.165) is 0 Å². The van der Waals surface area contributed by atoms with E-state index in [1.54, 1.807) is 29.8 Å². The number of para-hydroxylation sites is 1. The van der Waals surface area contributed by atoms with Crippen molar-refractivity contribution in [2.24, 2.45) is 7.05 Å². The largest absolute Gasteiger partial charge is 0.298 e. The number of nitriles is 1. The Bertz CT molecular complexity index is 1340.